The van der Waals surface area contributed by atoms with E-state index < -0.39 is 47.0 Å². The Morgan fingerprint density at radius 1 is 0.476 bits per heavy atom. The summed E-state index contributed by atoms with van der Waals surface area (Å²) in [5.41, 5.74) is 4.34. The molecule has 22 nitrogen and oxygen atoms in total. The van der Waals surface area contributed by atoms with Crippen molar-refractivity contribution in [3.63, 3.8) is 0 Å². The SMILES string of the molecule is CN(C)C(=O)C(=O)c1cnc2ccc(C(=O)N3CCC(Cc4ccc(F)cc4)CC3)cn12.CN(C)C(=O)C(=O)c1cnc2ccc(C(=O)O)cn12.CN(C)C(=O)C(=O)c1cnc2ccc(C(=O)O)cn12.Fc1ccc(CC2CCNCC2)cc1. The predicted octanol–water partition coefficient (Wildman–Crippen LogP) is 5.81. The number of likely N-dealkylation sites (N-methyl/N-ethyl adjacent to an activating group) is 3. The molecule has 0 unspecified atom stereocenters. The zero-order valence-corrected chi connectivity index (χ0v) is 47.1. The molecule has 2 fully saturated rings. The summed E-state index contributed by atoms with van der Waals surface area (Å²) in [4.78, 5) is 124. The number of fused-ring (bicyclic) bond motifs is 3. The van der Waals surface area contributed by atoms with Crippen LogP contribution >= 0.6 is 0 Å². The molecule has 2 aliphatic heterocycles. The number of ketones is 3. The van der Waals surface area contributed by atoms with Gasteiger partial charge < -0.3 is 35.1 Å². The van der Waals surface area contributed by atoms with Crippen molar-refractivity contribution in [3.8, 4) is 0 Å². The molecule has 2 aliphatic rings. The monoisotopic (exact) mass is 1150 g/mol. The number of nitrogens with zero attached hydrogens (tertiary/aromatic N) is 10. The van der Waals surface area contributed by atoms with Crippen LogP contribution < -0.4 is 5.32 Å². The number of carbonyl (C=O) groups is 9. The molecule has 0 saturated carbocycles. The molecule has 0 spiro atoms. The van der Waals surface area contributed by atoms with Gasteiger partial charge >= 0.3 is 11.9 Å². The van der Waals surface area contributed by atoms with Crippen LogP contribution in [0.2, 0.25) is 0 Å². The molecule has 4 amide bonds. The number of aromatic nitrogens is 6. The molecular formula is C60H63F2N11O11. The molecule has 0 atom stereocenters. The molecule has 0 bridgehead atoms. The van der Waals surface area contributed by atoms with E-state index in [1.54, 1.807) is 30.5 Å². The Morgan fingerprint density at radius 3 is 1.13 bits per heavy atom. The van der Waals surface area contributed by atoms with Gasteiger partial charge in [-0.3, -0.25) is 46.8 Å². The molecule has 84 heavy (non-hydrogen) atoms. The fraction of sp³-hybridized carbons (Fsp3) is 0.300. The Hall–Kier alpha value is -9.84. The number of carbonyl (C=O) groups excluding carboxylic acids is 7. The lowest BCUT2D eigenvalue weighted by atomic mass is 9.90. The van der Waals surface area contributed by atoms with Gasteiger partial charge in [0.1, 0.15) is 45.7 Å². The number of aromatic carboxylic acids is 2. The molecule has 438 valence electrons. The number of piperidine rings is 2. The van der Waals surface area contributed by atoms with E-state index >= 15 is 0 Å². The lowest BCUT2D eigenvalue weighted by Gasteiger charge is -2.32. The van der Waals surface area contributed by atoms with Gasteiger partial charge in [-0.15, -0.1) is 0 Å². The number of nitrogens with one attached hydrogen (secondary N) is 1. The number of benzene rings is 2. The summed E-state index contributed by atoms with van der Waals surface area (Å²) in [7, 11) is 8.88. The second-order valence-corrected chi connectivity index (χ2v) is 20.7. The predicted molar refractivity (Wildman–Crippen MR) is 303 cm³/mol. The molecule has 2 aromatic carbocycles. The van der Waals surface area contributed by atoms with Crippen LogP contribution in [0.5, 0.6) is 0 Å². The minimum absolute atomic E-state index is 0.0110. The van der Waals surface area contributed by atoms with Crippen LogP contribution in [0.25, 0.3) is 16.9 Å². The van der Waals surface area contributed by atoms with Crippen molar-refractivity contribution < 1.29 is 62.1 Å². The van der Waals surface area contributed by atoms with Gasteiger partial charge in [-0.1, -0.05) is 24.3 Å². The maximum atomic E-state index is 13.1. The molecule has 2 saturated heterocycles. The molecule has 0 aliphatic carbocycles. The molecule has 0 radical (unpaired) electrons. The number of rotatable bonds is 13. The lowest BCUT2D eigenvalue weighted by Crippen LogP contribution is -2.39. The highest BCUT2D eigenvalue weighted by molar-refractivity contribution is 6.43. The van der Waals surface area contributed by atoms with Crippen molar-refractivity contribution in [1.29, 1.82) is 0 Å². The molecule has 3 N–H and O–H groups in total. The Labute approximate surface area is 480 Å². The number of amides is 4. The third-order valence-electron chi connectivity index (χ3n) is 14.0. The number of hydrogen-bond acceptors (Lipinski definition) is 13. The fourth-order valence-electron chi connectivity index (χ4n) is 9.28. The van der Waals surface area contributed by atoms with E-state index in [9.17, 15) is 51.9 Å². The maximum absolute atomic E-state index is 13.1. The average molecular weight is 1150 g/mol. The third-order valence-corrected chi connectivity index (χ3v) is 14.0. The fourth-order valence-corrected chi connectivity index (χ4v) is 9.28. The third kappa shape index (κ3) is 15.4. The summed E-state index contributed by atoms with van der Waals surface area (Å²) < 4.78 is 29.9. The molecular weight excluding hydrogens is 1090 g/mol. The van der Waals surface area contributed by atoms with Crippen molar-refractivity contribution in [1.82, 2.24) is 53.1 Å². The normalized spacial score (nSPS) is 13.3. The first-order valence-electron chi connectivity index (χ1n) is 26.7. The number of carboxylic acids is 2. The Morgan fingerprint density at radius 2 is 0.798 bits per heavy atom. The van der Waals surface area contributed by atoms with E-state index in [-0.39, 0.29) is 45.8 Å². The molecule has 8 aromatic rings. The standard InChI is InChI=1S/C24H25FN4O3.C12H16FN.2C12H11N3O4/c1-27(2)24(32)22(30)20-14-26-21-8-5-18(15-29(20)21)23(31)28-11-9-17(10-12-28)13-16-3-6-19(25)7-4-16;13-12-3-1-10(2-4-12)9-11-5-7-14-8-6-11;2*1-14(2)11(17)10(16)8-5-13-9-4-3-7(12(18)19)6-15(8)9/h3-8,14-15,17H,9-13H2,1-2H3;1-4,11,14H,5-9H2;2*3-6H,1-2H3,(H,18,19). The van der Waals surface area contributed by atoms with Gasteiger partial charge in [0.2, 0.25) is 0 Å². The first kappa shape index (κ1) is 61.8. The Balaban J connectivity index is 0.000000169. The Kier molecular flexibility index (Phi) is 20.4. The van der Waals surface area contributed by atoms with Gasteiger partial charge in [0.25, 0.3) is 41.0 Å². The number of hydrogen-bond donors (Lipinski definition) is 3. The largest absolute Gasteiger partial charge is 0.478 e. The number of imidazole rings is 3. The molecule has 6 aromatic heterocycles. The summed E-state index contributed by atoms with van der Waals surface area (Å²) in [6.45, 7) is 3.53. The van der Waals surface area contributed by atoms with Crippen LogP contribution in [0, 0.1) is 23.5 Å². The summed E-state index contributed by atoms with van der Waals surface area (Å²) in [6.07, 6.45) is 14.2. The van der Waals surface area contributed by atoms with Gasteiger partial charge in [0.15, 0.2) is 0 Å². The quantitative estimate of drug-likeness (QED) is 0.0908. The van der Waals surface area contributed by atoms with Gasteiger partial charge in [-0.2, -0.15) is 0 Å². The van der Waals surface area contributed by atoms with E-state index in [1.807, 2.05) is 29.2 Å². The van der Waals surface area contributed by atoms with Crippen molar-refractivity contribution >= 4 is 69.9 Å². The topological polar surface area (TPSA) is 271 Å². The summed E-state index contributed by atoms with van der Waals surface area (Å²) in [6, 6.07) is 22.6. The highest BCUT2D eigenvalue weighted by Crippen LogP contribution is 2.24. The van der Waals surface area contributed by atoms with Crippen molar-refractivity contribution in [2.24, 2.45) is 11.8 Å². The second kappa shape index (κ2) is 27.8. The van der Waals surface area contributed by atoms with Crippen LogP contribution in [0.15, 0.2) is 122 Å². The van der Waals surface area contributed by atoms with E-state index in [4.69, 9.17) is 10.2 Å². The van der Waals surface area contributed by atoms with E-state index in [1.165, 1.54) is 146 Å². The molecule has 24 heteroatoms. The van der Waals surface area contributed by atoms with Crippen LogP contribution in [0.3, 0.4) is 0 Å². The number of carboxylic acid groups (broad SMARTS) is 2. The van der Waals surface area contributed by atoms with Gasteiger partial charge in [0, 0.05) is 74.0 Å². The van der Waals surface area contributed by atoms with E-state index in [2.05, 4.69) is 20.3 Å². The lowest BCUT2D eigenvalue weighted by molar-refractivity contribution is -0.124. The zero-order valence-electron chi connectivity index (χ0n) is 47.1. The minimum Gasteiger partial charge on any atom is -0.478 e. The smallest absolute Gasteiger partial charge is 0.337 e. The number of Topliss-reactive ketones (excluding diaryl/α,β-unsaturated/α-hetero) is 3. The maximum Gasteiger partial charge on any atom is 0.337 e. The first-order valence-corrected chi connectivity index (χ1v) is 26.7. The first-order chi connectivity index (χ1) is 40.0. The zero-order chi connectivity index (χ0) is 60.9. The summed E-state index contributed by atoms with van der Waals surface area (Å²) in [5, 5.41) is 21.2. The van der Waals surface area contributed by atoms with E-state index in [0.717, 1.165) is 60.1 Å². The molecule has 10 rings (SSSR count). The Bertz CT molecular complexity index is 3630. The van der Waals surface area contributed by atoms with Crippen LogP contribution in [-0.4, -0.2) is 179 Å². The highest BCUT2D eigenvalue weighted by atomic mass is 19.1. The molecule has 8 heterocycles. The van der Waals surface area contributed by atoms with Crippen LogP contribution in [0.1, 0.15) is 99.3 Å². The van der Waals surface area contributed by atoms with Crippen LogP contribution in [0.4, 0.5) is 8.78 Å². The van der Waals surface area contributed by atoms with Crippen molar-refractivity contribution in [2.45, 2.75) is 38.5 Å². The van der Waals surface area contributed by atoms with E-state index in [0.29, 0.717) is 41.5 Å². The second-order valence-electron chi connectivity index (χ2n) is 20.7. The minimum atomic E-state index is -1.12. The average Bonchev–Trinajstić information content (AvgIpc) is 3.33. The van der Waals surface area contributed by atoms with Crippen molar-refractivity contribution in [3.05, 3.63) is 179 Å². The summed E-state index contributed by atoms with van der Waals surface area (Å²) in [5.74, 6) is -5.67. The van der Waals surface area contributed by atoms with Gasteiger partial charge in [0.05, 0.1) is 35.3 Å². The number of likely N-dealkylation sites (tertiary alicyclic amines) is 1. The highest BCUT2D eigenvalue weighted by Gasteiger charge is 2.28. The van der Waals surface area contributed by atoms with Crippen molar-refractivity contribution in [2.75, 3.05) is 68.5 Å². The number of halogens is 2. The van der Waals surface area contributed by atoms with Gasteiger partial charge in [-0.05, 0) is 135 Å². The van der Waals surface area contributed by atoms with Crippen LogP contribution in [-0.2, 0) is 27.2 Å². The van der Waals surface area contributed by atoms with Gasteiger partial charge in [-0.25, -0.2) is 33.3 Å². The number of pyridine rings is 3. The summed E-state index contributed by atoms with van der Waals surface area (Å²) >= 11 is 0.